The zero-order valence-electron chi connectivity index (χ0n) is 19.0. The van der Waals surface area contributed by atoms with Crippen LogP contribution in [-0.4, -0.2) is 62.4 Å². The molecule has 2 fully saturated rings. The van der Waals surface area contributed by atoms with E-state index in [9.17, 15) is 18.0 Å². The Morgan fingerprint density at radius 3 is 2.33 bits per heavy atom. The van der Waals surface area contributed by atoms with Crippen LogP contribution in [0, 0.1) is 0 Å². The Labute approximate surface area is 189 Å². The largest absolute Gasteiger partial charge is 0.444 e. The number of carbonyl (C=O) groups excluding carboxylic acids is 1. The average Bonchev–Trinajstić information content (AvgIpc) is 3.21. The minimum absolute atomic E-state index is 0.00981. The van der Waals surface area contributed by atoms with E-state index in [1.165, 1.54) is 0 Å². The van der Waals surface area contributed by atoms with Crippen LogP contribution in [0.5, 0.6) is 0 Å². The number of halogens is 3. The third kappa shape index (κ3) is 5.19. The maximum absolute atomic E-state index is 13.4. The maximum Gasteiger partial charge on any atom is 0.433 e. The van der Waals surface area contributed by atoms with Crippen molar-refractivity contribution in [2.45, 2.75) is 70.7 Å². The van der Waals surface area contributed by atoms with Crippen molar-refractivity contribution in [1.29, 1.82) is 0 Å². The molecule has 2 aromatic heterocycles. The number of nitrogens with zero attached hydrogens (tertiary/aromatic N) is 6. The molecular formula is C21H27F3N6O3. The van der Waals surface area contributed by atoms with Gasteiger partial charge >= 0.3 is 12.3 Å². The van der Waals surface area contributed by atoms with Crippen molar-refractivity contribution in [3.8, 4) is 11.5 Å². The van der Waals surface area contributed by atoms with Crippen molar-refractivity contribution in [2.24, 2.45) is 0 Å². The highest BCUT2D eigenvalue weighted by molar-refractivity contribution is 5.68. The molecule has 0 spiro atoms. The predicted molar refractivity (Wildman–Crippen MR) is 112 cm³/mol. The standard InChI is InChI=1S/C21H27F3N6O3/c1-12-5-10-30(12)18-25-14(11-15(26-18)21(22,23)24)16-27-17(33-28-16)13-6-8-29(9-7-13)19(31)32-20(2,3)4/h11-13H,5-10H2,1-4H3/t12-/m0/s1. The van der Waals surface area contributed by atoms with Crippen molar-refractivity contribution in [1.82, 2.24) is 25.0 Å². The molecular weight excluding hydrogens is 441 g/mol. The number of aromatic nitrogens is 4. The number of hydrogen-bond acceptors (Lipinski definition) is 8. The average molecular weight is 468 g/mol. The highest BCUT2D eigenvalue weighted by Gasteiger charge is 2.37. The van der Waals surface area contributed by atoms with Crippen LogP contribution >= 0.6 is 0 Å². The quantitative estimate of drug-likeness (QED) is 0.659. The zero-order valence-corrected chi connectivity index (χ0v) is 19.0. The molecule has 180 valence electrons. The van der Waals surface area contributed by atoms with Crippen LogP contribution in [0.25, 0.3) is 11.5 Å². The minimum Gasteiger partial charge on any atom is -0.444 e. The molecule has 2 aromatic rings. The van der Waals surface area contributed by atoms with Crippen molar-refractivity contribution in [3.05, 3.63) is 17.7 Å². The number of alkyl halides is 3. The summed E-state index contributed by atoms with van der Waals surface area (Å²) in [5, 5.41) is 3.88. The summed E-state index contributed by atoms with van der Waals surface area (Å²) >= 11 is 0. The SMILES string of the molecule is C[C@H]1CCN1c1nc(-c2noc(C3CCN(C(=O)OC(C)(C)C)CC3)n2)cc(C(F)(F)F)n1. The normalized spacial score (nSPS) is 20.0. The van der Waals surface area contributed by atoms with Crippen LogP contribution in [-0.2, 0) is 10.9 Å². The molecule has 0 saturated carbocycles. The molecule has 2 saturated heterocycles. The molecule has 4 rings (SSSR count). The van der Waals surface area contributed by atoms with Crippen LogP contribution < -0.4 is 4.90 Å². The van der Waals surface area contributed by atoms with Gasteiger partial charge in [0.1, 0.15) is 11.3 Å². The lowest BCUT2D eigenvalue weighted by Gasteiger charge is -2.38. The van der Waals surface area contributed by atoms with E-state index in [2.05, 4.69) is 20.1 Å². The predicted octanol–water partition coefficient (Wildman–Crippen LogP) is 4.26. The first kappa shape index (κ1) is 23.2. The second-order valence-corrected chi connectivity index (χ2v) is 9.47. The number of ether oxygens (including phenoxy) is 1. The molecule has 33 heavy (non-hydrogen) atoms. The first-order valence-corrected chi connectivity index (χ1v) is 11.0. The van der Waals surface area contributed by atoms with Crippen LogP contribution in [0.2, 0.25) is 0 Å². The topological polar surface area (TPSA) is 97.5 Å². The van der Waals surface area contributed by atoms with Crippen LogP contribution in [0.3, 0.4) is 0 Å². The Kier molecular flexibility index (Phi) is 5.95. The molecule has 0 aromatic carbocycles. The molecule has 9 nitrogen and oxygen atoms in total. The maximum atomic E-state index is 13.4. The molecule has 12 heteroatoms. The first-order chi connectivity index (χ1) is 15.4. The Hall–Kier alpha value is -2.92. The summed E-state index contributed by atoms with van der Waals surface area (Å²) in [4.78, 5) is 27.9. The summed E-state index contributed by atoms with van der Waals surface area (Å²) in [7, 11) is 0. The van der Waals surface area contributed by atoms with Gasteiger partial charge in [0.05, 0.1) is 0 Å². The van der Waals surface area contributed by atoms with Crippen LogP contribution in [0.15, 0.2) is 10.6 Å². The van der Waals surface area contributed by atoms with Crippen LogP contribution in [0.4, 0.5) is 23.9 Å². The number of carbonyl (C=O) groups is 1. The highest BCUT2D eigenvalue weighted by atomic mass is 19.4. The van der Waals surface area contributed by atoms with Gasteiger partial charge in [-0.2, -0.15) is 18.2 Å². The summed E-state index contributed by atoms with van der Waals surface area (Å²) in [5.74, 6) is 0.209. The van der Waals surface area contributed by atoms with Gasteiger partial charge in [0.25, 0.3) is 0 Å². The number of hydrogen-bond donors (Lipinski definition) is 0. The molecule has 1 atom stereocenters. The van der Waals surface area contributed by atoms with Gasteiger partial charge in [-0.3, -0.25) is 0 Å². The number of rotatable bonds is 3. The van der Waals surface area contributed by atoms with E-state index in [-0.39, 0.29) is 35.5 Å². The lowest BCUT2D eigenvalue weighted by atomic mass is 9.97. The fourth-order valence-electron chi connectivity index (χ4n) is 3.78. The first-order valence-electron chi connectivity index (χ1n) is 11.0. The Morgan fingerprint density at radius 1 is 1.09 bits per heavy atom. The van der Waals surface area contributed by atoms with Gasteiger partial charge < -0.3 is 19.1 Å². The second kappa shape index (κ2) is 8.45. The Bertz CT molecular complexity index is 1010. The van der Waals surface area contributed by atoms with Gasteiger partial charge in [-0.05, 0) is 53.0 Å². The van der Waals surface area contributed by atoms with E-state index in [1.807, 2.05) is 27.7 Å². The van der Waals surface area contributed by atoms with E-state index in [0.29, 0.717) is 38.4 Å². The van der Waals surface area contributed by atoms with Crippen molar-refractivity contribution < 1.29 is 27.2 Å². The second-order valence-electron chi connectivity index (χ2n) is 9.47. The van der Waals surface area contributed by atoms with E-state index in [1.54, 1.807) is 9.80 Å². The minimum atomic E-state index is -4.62. The fourth-order valence-corrected chi connectivity index (χ4v) is 3.78. The lowest BCUT2D eigenvalue weighted by Crippen LogP contribution is -2.47. The number of anilines is 1. The third-order valence-corrected chi connectivity index (χ3v) is 5.75. The summed E-state index contributed by atoms with van der Waals surface area (Å²) in [5.41, 5.74) is -1.65. The summed E-state index contributed by atoms with van der Waals surface area (Å²) < 4.78 is 51.1. The van der Waals surface area contributed by atoms with Crippen LogP contribution in [0.1, 0.15) is 64.5 Å². The molecule has 2 aliphatic rings. The van der Waals surface area contributed by atoms with Gasteiger partial charge in [-0.15, -0.1) is 0 Å². The van der Waals surface area contributed by atoms with Gasteiger partial charge in [-0.1, -0.05) is 5.16 Å². The van der Waals surface area contributed by atoms with Gasteiger partial charge in [0.15, 0.2) is 5.69 Å². The van der Waals surface area contributed by atoms with Gasteiger partial charge in [-0.25, -0.2) is 14.8 Å². The van der Waals surface area contributed by atoms with Gasteiger partial charge in [0, 0.05) is 31.6 Å². The number of likely N-dealkylation sites (tertiary alicyclic amines) is 1. The molecule has 0 N–H and O–H groups in total. The smallest absolute Gasteiger partial charge is 0.433 e. The van der Waals surface area contributed by atoms with E-state index >= 15 is 0 Å². The Morgan fingerprint density at radius 2 is 1.79 bits per heavy atom. The summed E-state index contributed by atoms with van der Waals surface area (Å²) in [6.45, 7) is 8.84. The molecule has 4 heterocycles. The van der Waals surface area contributed by atoms with Gasteiger partial charge in [0.2, 0.25) is 17.7 Å². The summed E-state index contributed by atoms with van der Waals surface area (Å²) in [6, 6.07) is 0.908. The van der Waals surface area contributed by atoms with E-state index in [0.717, 1.165) is 12.5 Å². The molecule has 1 amide bonds. The number of piperidine rings is 1. The summed E-state index contributed by atoms with van der Waals surface area (Å²) in [6.07, 6.45) is -2.98. The van der Waals surface area contributed by atoms with Crippen molar-refractivity contribution in [3.63, 3.8) is 0 Å². The van der Waals surface area contributed by atoms with Crippen molar-refractivity contribution in [2.75, 3.05) is 24.5 Å². The molecule has 0 bridgehead atoms. The highest BCUT2D eigenvalue weighted by Crippen LogP contribution is 2.34. The zero-order chi connectivity index (χ0) is 24.0. The van der Waals surface area contributed by atoms with Crippen molar-refractivity contribution >= 4 is 12.0 Å². The van der Waals surface area contributed by atoms with E-state index in [4.69, 9.17) is 9.26 Å². The Balaban J connectivity index is 1.50. The fraction of sp³-hybridized carbons (Fsp3) is 0.667. The molecule has 0 radical (unpaired) electrons. The lowest BCUT2D eigenvalue weighted by molar-refractivity contribution is -0.141. The third-order valence-electron chi connectivity index (χ3n) is 5.75. The number of amides is 1. The molecule has 0 aliphatic carbocycles. The van der Waals surface area contributed by atoms with E-state index < -0.39 is 17.5 Å². The monoisotopic (exact) mass is 468 g/mol. The molecule has 2 aliphatic heterocycles. The molecule has 0 unspecified atom stereocenters.